The van der Waals surface area contributed by atoms with Crippen LogP contribution in [0.2, 0.25) is 0 Å². The Morgan fingerprint density at radius 3 is 2.20 bits per heavy atom. The third-order valence-corrected chi connectivity index (χ3v) is 4.77. The largest absolute Gasteiger partial charge is 0.221 e. The molecule has 0 aliphatic heterocycles. The van der Waals surface area contributed by atoms with E-state index in [9.17, 15) is 8.42 Å². The molecule has 0 aromatic carbocycles. The van der Waals surface area contributed by atoms with Crippen LogP contribution in [0, 0.1) is 0 Å². The van der Waals surface area contributed by atoms with Crippen LogP contribution >= 0.6 is 25.2 Å². The van der Waals surface area contributed by atoms with Gasteiger partial charge in [0.1, 0.15) is 0 Å². The summed E-state index contributed by atoms with van der Waals surface area (Å²) in [6.45, 7) is 2.48. The first-order valence-corrected chi connectivity index (χ1v) is 7.25. The van der Waals surface area contributed by atoms with E-state index in [1.165, 1.54) is 9.97 Å². The summed E-state index contributed by atoms with van der Waals surface area (Å²) in [5.74, 6) is 0. The number of sulfonamides is 1. The first-order valence-electron chi connectivity index (χ1n) is 2.78. The summed E-state index contributed by atoms with van der Waals surface area (Å²) in [5, 5.41) is 0. The molecule has 0 saturated heterocycles. The summed E-state index contributed by atoms with van der Waals surface area (Å²) in [4.78, 5) is 0. The van der Waals surface area contributed by atoms with Gasteiger partial charge in [0.15, 0.2) is 0 Å². The van der Waals surface area contributed by atoms with E-state index in [4.69, 9.17) is 0 Å². The monoisotopic (exact) mass is 247 g/mol. The molecule has 0 rings (SSSR count). The van der Waals surface area contributed by atoms with E-state index in [1.807, 2.05) is 6.92 Å². The minimum atomic E-state index is -3.03. The molecule has 0 N–H and O–H groups in total. The summed E-state index contributed by atoms with van der Waals surface area (Å²) in [5.41, 5.74) is 0. The number of hydrogen-bond donors (Lipinski definition) is 0. The summed E-state index contributed by atoms with van der Waals surface area (Å²) in [6.07, 6.45) is 2.02. The molecule has 0 aromatic rings. The summed E-state index contributed by atoms with van der Waals surface area (Å²) in [6, 6.07) is 0. The summed E-state index contributed by atoms with van der Waals surface area (Å²) < 4.78 is 23.0. The van der Waals surface area contributed by atoms with Gasteiger partial charge in [-0.1, -0.05) is 6.92 Å². The summed E-state index contributed by atoms with van der Waals surface area (Å²) in [7, 11) is -1.97. The second-order valence-corrected chi connectivity index (χ2v) is 5.44. The molecular formula is C4H10BrNO2S2. The van der Waals surface area contributed by atoms with Gasteiger partial charge in [-0.3, -0.25) is 0 Å². The molecule has 6 heteroatoms. The van der Waals surface area contributed by atoms with Crippen molar-refractivity contribution in [3.05, 3.63) is 0 Å². The van der Waals surface area contributed by atoms with Gasteiger partial charge >= 0.3 is 0 Å². The minimum absolute atomic E-state index is 0.550. The molecule has 3 nitrogen and oxygen atoms in total. The van der Waals surface area contributed by atoms with Crippen LogP contribution in [0.15, 0.2) is 0 Å². The van der Waals surface area contributed by atoms with Crippen LogP contribution in [0.4, 0.5) is 0 Å². The van der Waals surface area contributed by atoms with E-state index >= 15 is 0 Å². The lowest BCUT2D eigenvalue weighted by Crippen LogP contribution is -2.22. The molecule has 0 heterocycles. The highest BCUT2D eigenvalue weighted by atomic mass is 79.9. The fourth-order valence-electron chi connectivity index (χ4n) is 0.434. The molecule has 0 amide bonds. The van der Waals surface area contributed by atoms with E-state index in [1.54, 1.807) is 0 Å². The van der Waals surface area contributed by atoms with Crippen molar-refractivity contribution < 1.29 is 8.42 Å². The van der Waals surface area contributed by atoms with Gasteiger partial charge in [-0.05, 0) is 6.42 Å². The van der Waals surface area contributed by atoms with Crippen LogP contribution in [0.5, 0.6) is 0 Å². The van der Waals surface area contributed by atoms with Crippen molar-refractivity contribution in [2.75, 3.05) is 12.8 Å². The van der Waals surface area contributed by atoms with E-state index in [0.29, 0.717) is 6.54 Å². The Morgan fingerprint density at radius 1 is 1.60 bits per heavy atom. The lowest BCUT2D eigenvalue weighted by Gasteiger charge is -2.12. The van der Waals surface area contributed by atoms with Gasteiger partial charge in [-0.2, -0.15) is 0 Å². The predicted molar refractivity (Wildman–Crippen MR) is 48.4 cm³/mol. The third kappa shape index (κ3) is 3.80. The van der Waals surface area contributed by atoms with Crippen molar-refractivity contribution in [3.8, 4) is 0 Å². The maximum absolute atomic E-state index is 10.8. The second kappa shape index (κ2) is 4.58. The molecule has 0 aliphatic carbocycles. The van der Waals surface area contributed by atoms with Crippen LogP contribution in [-0.2, 0) is 10.0 Å². The van der Waals surface area contributed by atoms with Crippen LogP contribution in [0.3, 0.4) is 0 Å². The molecule has 0 radical (unpaired) electrons. The SMILES string of the molecule is CCCN(SBr)S(C)(=O)=O. The molecular weight excluding hydrogens is 238 g/mol. The highest BCUT2D eigenvalue weighted by molar-refractivity contribution is 9.50. The predicted octanol–water partition coefficient (Wildman–Crippen LogP) is 1.62. The Labute approximate surface area is 73.6 Å². The lowest BCUT2D eigenvalue weighted by molar-refractivity contribution is 0.547. The molecule has 0 atom stereocenters. The topological polar surface area (TPSA) is 37.4 Å². The molecule has 0 fully saturated rings. The van der Waals surface area contributed by atoms with Gasteiger partial charge in [0, 0.05) is 31.7 Å². The van der Waals surface area contributed by atoms with Crippen LogP contribution < -0.4 is 0 Å². The van der Waals surface area contributed by atoms with Gasteiger partial charge in [0.25, 0.3) is 0 Å². The normalized spacial score (nSPS) is 12.4. The summed E-state index contributed by atoms with van der Waals surface area (Å²) >= 11 is 3.02. The van der Waals surface area contributed by atoms with Gasteiger partial charge in [0.05, 0.1) is 6.26 Å². The smallest absolute Gasteiger partial charge is 0.212 e. The Kier molecular flexibility index (Phi) is 4.92. The van der Waals surface area contributed by atoms with Crippen molar-refractivity contribution in [3.63, 3.8) is 0 Å². The highest BCUT2D eigenvalue weighted by Gasteiger charge is 2.13. The molecule has 0 aromatic heterocycles. The first-order chi connectivity index (χ1) is 4.52. The number of halogens is 1. The molecule has 62 valence electrons. The van der Waals surface area contributed by atoms with E-state index < -0.39 is 10.0 Å². The lowest BCUT2D eigenvalue weighted by atomic mass is 10.5. The Bertz CT molecular complexity index is 180. The van der Waals surface area contributed by atoms with Crippen molar-refractivity contribution in [1.29, 1.82) is 0 Å². The fourth-order valence-corrected chi connectivity index (χ4v) is 3.98. The van der Waals surface area contributed by atoms with Crippen molar-refractivity contribution in [2.45, 2.75) is 13.3 Å². The van der Waals surface area contributed by atoms with Crippen molar-refractivity contribution in [1.82, 2.24) is 3.71 Å². The van der Waals surface area contributed by atoms with E-state index in [-0.39, 0.29) is 0 Å². The average molecular weight is 248 g/mol. The highest BCUT2D eigenvalue weighted by Crippen LogP contribution is 2.20. The molecule has 0 unspecified atom stereocenters. The molecule has 0 aliphatic rings. The maximum atomic E-state index is 10.8. The third-order valence-electron chi connectivity index (χ3n) is 0.853. The standard InChI is InChI=1S/C4H10BrNO2S2/c1-3-4-6(9-5)10(2,7)8/h3-4H2,1-2H3. The average Bonchev–Trinajstić information content (AvgIpc) is 1.80. The maximum Gasteiger partial charge on any atom is 0.221 e. The van der Waals surface area contributed by atoms with Gasteiger partial charge in [-0.15, -0.1) is 3.71 Å². The fraction of sp³-hybridized carbons (Fsp3) is 1.00. The zero-order valence-corrected chi connectivity index (χ0v) is 9.09. The Morgan fingerprint density at radius 2 is 2.10 bits per heavy atom. The van der Waals surface area contributed by atoms with Gasteiger partial charge in [0.2, 0.25) is 10.0 Å². The Balaban J connectivity index is 4.08. The number of hydrogen-bond acceptors (Lipinski definition) is 3. The molecule has 0 saturated carbocycles. The van der Waals surface area contributed by atoms with Gasteiger partial charge in [-0.25, -0.2) is 8.42 Å². The van der Waals surface area contributed by atoms with E-state index in [0.717, 1.165) is 16.8 Å². The first kappa shape index (κ1) is 10.7. The van der Waals surface area contributed by atoms with Crippen molar-refractivity contribution >= 4 is 35.2 Å². The second-order valence-electron chi connectivity index (χ2n) is 1.86. The van der Waals surface area contributed by atoms with Crippen molar-refractivity contribution in [2.24, 2.45) is 0 Å². The molecule has 0 spiro atoms. The quantitative estimate of drug-likeness (QED) is 0.709. The molecule has 10 heavy (non-hydrogen) atoms. The number of rotatable bonds is 4. The van der Waals surface area contributed by atoms with Crippen LogP contribution in [0.25, 0.3) is 0 Å². The van der Waals surface area contributed by atoms with Gasteiger partial charge < -0.3 is 0 Å². The Hall–Kier alpha value is 0.740. The minimum Gasteiger partial charge on any atom is -0.212 e. The molecule has 0 bridgehead atoms. The van der Waals surface area contributed by atoms with E-state index in [2.05, 4.69) is 14.8 Å². The zero-order chi connectivity index (χ0) is 8.20. The number of nitrogens with zero attached hydrogens (tertiary/aromatic N) is 1. The van der Waals surface area contributed by atoms with Crippen LogP contribution in [0.1, 0.15) is 13.3 Å². The zero-order valence-electron chi connectivity index (χ0n) is 5.87. The van der Waals surface area contributed by atoms with Crippen LogP contribution in [-0.4, -0.2) is 24.9 Å².